The van der Waals surface area contributed by atoms with Gasteiger partial charge in [0.05, 0.1) is 0 Å². The van der Waals surface area contributed by atoms with Crippen molar-refractivity contribution in [3.8, 4) is 0 Å². The zero-order valence-corrected chi connectivity index (χ0v) is 8.91. The lowest BCUT2D eigenvalue weighted by Crippen LogP contribution is -1.91. The van der Waals surface area contributed by atoms with E-state index in [0.29, 0.717) is 0 Å². The maximum absolute atomic E-state index is 11.8. The Balaban J connectivity index is 2.12. The summed E-state index contributed by atoms with van der Waals surface area (Å²) in [4.78, 5) is 12.8. The van der Waals surface area contributed by atoms with E-state index in [1.807, 2.05) is 60.7 Å². The molecule has 2 aromatic rings. The second-order valence-corrected chi connectivity index (χ2v) is 4.11. The van der Waals surface area contributed by atoms with Gasteiger partial charge < -0.3 is 0 Å². The number of rotatable bonds is 2. The smallest absolute Gasteiger partial charge is 0.224 e. The molecule has 0 heterocycles. The summed E-state index contributed by atoms with van der Waals surface area (Å²) < 4.78 is 0. The molecule has 0 fully saturated rings. The Hall–Kier alpha value is -1.54. The van der Waals surface area contributed by atoms with E-state index in [9.17, 15) is 4.79 Å². The van der Waals surface area contributed by atoms with Crippen molar-refractivity contribution in [2.24, 2.45) is 0 Å². The molecule has 1 nitrogen and oxygen atoms in total. The summed E-state index contributed by atoms with van der Waals surface area (Å²) in [6.45, 7) is 0. The summed E-state index contributed by atoms with van der Waals surface area (Å²) >= 11 is 1.26. The van der Waals surface area contributed by atoms with Gasteiger partial charge in [-0.3, -0.25) is 4.79 Å². The first-order valence-corrected chi connectivity index (χ1v) is 5.50. The van der Waals surface area contributed by atoms with Gasteiger partial charge in [-0.15, -0.1) is 0 Å². The molecule has 0 aromatic heterocycles. The molecular formula is C13H10OS. The second kappa shape index (κ2) is 4.80. The fraction of sp³-hybridized carbons (Fsp3) is 0. The zero-order chi connectivity index (χ0) is 10.5. The zero-order valence-electron chi connectivity index (χ0n) is 8.09. The van der Waals surface area contributed by atoms with Gasteiger partial charge in [0.1, 0.15) is 0 Å². The lowest BCUT2D eigenvalue weighted by atomic mass is 10.2. The number of hydrogen-bond donors (Lipinski definition) is 0. The van der Waals surface area contributed by atoms with Crippen LogP contribution in [0, 0.1) is 0 Å². The predicted octanol–water partition coefficient (Wildman–Crippen LogP) is 3.62. The van der Waals surface area contributed by atoms with Gasteiger partial charge in [0.2, 0.25) is 5.12 Å². The molecule has 0 aliphatic heterocycles. The molecule has 0 saturated heterocycles. The van der Waals surface area contributed by atoms with Crippen LogP contribution >= 0.6 is 11.8 Å². The number of hydrogen-bond acceptors (Lipinski definition) is 2. The summed E-state index contributed by atoms with van der Waals surface area (Å²) in [6, 6.07) is 19.0. The Kier molecular flexibility index (Phi) is 3.20. The van der Waals surface area contributed by atoms with Crippen LogP contribution in [0.25, 0.3) is 0 Å². The molecule has 0 saturated carbocycles. The highest BCUT2D eigenvalue weighted by Crippen LogP contribution is 2.21. The van der Waals surface area contributed by atoms with Crippen molar-refractivity contribution in [1.29, 1.82) is 0 Å². The minimum Gasteiger partial charge on any atom is -0.281 e. The highest BCUT2D eigenvalue weighted by molar-refractivity contribution is 8.14. The molecule has 2 heteroatoms. The fourth-order valence-electron chi connectivity index (χ4n) is 1.23. The molecule has 0 bridgehead atoms. The second-order valence-electron chi connectivity index (χ2n) is 3.07. The first-order chi connectivity index (χ1) is 7.36. The van der Waals surface area contributed by atoms with E-state index in [-0.39, 0.29) is 5.12 Å². The minimum atomic E-state index is 0.0850. The monoisotopic (exact) mass is 214 g/mol. The molecular weight excluding hydrogens is 204 g/mol. The lowest BCUT2D eigenvalue weighted by Gasteiger charge is -1.99. The van der Waals surface area contributed by atoms with Gasteiger partial charge in [0.25, 0.3) is 0 Å². The van der Waals surface area contributed by atoms with Crippen molar-refractivity contribution < 1.29 is 4.79 Å². The van der Waals surface area contributed by atoms with Crippen molar-refractivity contribution in [2.75, 3.05) is 0 Å². The van der Waals surface area contributed by atoms with Crippen molar-refractivity contribution in [3.05, 3.63) is 66.2 Å². The van der Waals surface area contributed by atoms with Crippen LogP contribution in [0.5, 0.6) is 0 Å². The molecule has 74 valence electrons. The fourth-order valence-corrected chi connectivity index (χ4v) is 1.99. The number of thioether (sulfide) groups is 1. The van der Waals surface area contributed by atoms with Gasteiger partial charge in [0.15, 0.2) is 0 Å². The maximum Gasteiger partial charge on any atom is 0.224 e. The largest absolute Gasteiger partial charge is 0.281 e. The van der Waals surface area contributed by atoms with Gasteiger partial charge in [-0.2, -0.15) is 0 Å². The van der Waals surface area contributed by atoms with E-state index in [0.717, 1.165) is 10.5 Å². The molecule has 0 radical (unpaired) electrons. The number of carbonyl (C=O) groups is 1. The van der Waals surface area contributed by atoms with Crippen LogP contribution in [0.3, 0.4) is 0 Å². The summed E-state index contributed by atoms with van der Waals surface area (Å²) in [7, 11) is 0. The average Bonchev–Trinajstić information content (AvgIpc) is 2.31. The highest BCUT2D eigenvalue weighted by Gasteiger charge is 2.06. The van der Waals surface area contributed by atoms with E-state index in [2.05, 4.69) is 0 Å². The number of carbonyl (C=O) groups excluding carboxylic acids is 1. The quantitative estimate of drug-likeness (QED) is 0.710. The molecule has 0 atom stereocenters. The van der Waals surface area contributed by atoms with Gasteiger partial charge in [-0.25, -0.2) is 0 Å². The van der Waals surface area contributed by atoms with Gasteiger partial charge >= 0.3 is 0 Å². The Morgan fingerprint density at radius 2 is 1.33 bits per heavy atom. The van der Waals surface area contributed by atoms with Crippen LogP contribution < -0.4 is 0 Å². The third-order valence-corrected chi connectivity index (χ3v) is 2.89. The average molecular weight is 214 g/mol. The van der Waals surface area contributed by atoms with Gasteiger partial charge in [-0.05, 0) is 23.9 Å². The van der Waals surface area contributed by atoms with Crippen LogP contribution in [0.4, 0.5) is 0 Å². The molecule has 0 amide bonds. The maximum atomic E-state index is 11.8. The Bertz CT molecular complexity index is 437. The van der Waals surface area contributed by atoms with Gasteiger partial charge in [-0.1, -0.05) is 48.5 Å². The summed E-state index contributed by atoms with van der Waals surface area (Å²) in [5, 5.41) is 0.0850. The molecule has 0 unspecified atom stereocenters. The first-order valence-electron chi connectivity index (χ1n) is 4.68. The summed E-state index contributed by atoms with van der Waals surface area (Å²) in [6.07, 6.45) is 0. The van der Waals surface area contributed by atoms with Crippen LogP contribution in [-0.2, 0) is 0 Å². The molecule has 0 aliphatic rings. The molecule has 0 spiro atoms. The van der Waals surface area contributed by atoms with Crippen molar-refractivity contribution in [1.82, 2.24) is 0 Å². The molecule has 15 heavy (non-hydrogen) atoms. The first kappa shape index (κ1) is 9.99. The Labute approximate surface area is 93.1 Å². The third-order valence-electron chi connectivity index (χ3n) is 1.96. The van der Waals surface area contributed by atoms with Crippen LogP contribution in [0.1, 0.15) is 10.4 Å². The van der Waals surface area contributed by atoms with Crippen molar-refractivity contribution in [3.63, 3.8) is 0 Å². The summed E-state index contributed by atoms with van der Waals surface area (Å²) in [5.74, 6) is 0. The van der Waals surface area contributed by atoms with E-state index in [1.54, 1.807) is 0 Å². The molecule has 2 rings (SSSR count). The third kappa shape index (κ3) is 2.70. The lowest BCUT2D eigenvalue weighted by molar-refractivity contribution is 0.108. The topological polar surface area (TPSA) is 17.1 Å². The minimum absolute atomic E-state index is 0.0850. The molecule has 2 aromatic carbocycles. The SMILES string of the molecule is O=C(Sc1ccccc1)c1ccccc1. The van der Waals surface area contributed by atoms with E-state index < -0.39 is 0 Å². The van der Waals surface area contributed by atoms with E-state index >= 15 is 0 Å². The summed E-state index contributed by atoms with van der Waals surface area (Å²) in [5.41, 5.74) is 0.742. The van der Waals surface area contributed by atoms with Crippen LogP contribution in [-0.4, -0.2) is 5.12 Å². The Morgan fingerprint density at radius 1 is 0.800 bits per heavy atom. The van der Waals surface area contributed by atoms with Gasteiger partial charge in [0, 0.05) is 10.5 Å². The van der Waals surface area contributed by atoms with Crippen molar-refractivity contribution >= 4 is 16.9 Å². The normalized spacial score (nSPS) is 9.87. The van der Waals surface area contributed by atoms with Crippen molar-refractivity contribution in [2.45, 2.75) is 4.90 Å². The predicted molar refractivity (Wildman–Crippen MR) is 63.1 cm³/mol. The molecule has 0 aliphatic carbocycles. The van der Waals surface area contributed by atoms with Crippen LogP contribution in [0.15, 0.2) is 65.6 Å². The van der Waals surface area contributed by atoms with E-state index in [4.69, 9.17) is 0 Å². The van der Waals surface area contributed by atoms with E-state index in [1.165, 1.54) is 11.8 Å². The Morgan fingerprint density at radius 3 is 1.93 bits per heavy atom. The number of benzene rings is 2. The van der Waals surface area contributed by atoms with Crippen LogP contribution in [0.2, 0.25) is 0 Å². The standard InChI is InChI=1S/C13H10OS/c14-13(11-7-3-1-4-8-11)15-12-9-5-2-6-10-12/h1-10H. The highest BCUT2D eigenvalue weighted by atomic mass is 32.2. The molecule has 0 N–H and O–H groups in total.